The number of esters is 1. The van der Waals surface area contributed by atoms with Gasteiger partial charge in [0.2, 0.25) is 0 Å². The molecular formula is C8H7Br2NO2. The maximum Gasteiger partial charge on any atom is 0.357 e. The number of hydrogen-bond donors (Lipinski definition) is 0. The van der Waals surface area contributed by atoms with Gasteiger partial charge in [-0.1, -0.05) is 31.9 Å². The number of nitrogens with zero attached hydrogens (tertiary/aromatic N) is 1. The lowest BCUT2D eigenvalue weighted by Crippen LogP contribution is -2.07. The molecule has 1 heterocycles. The van der Waals surface area contributed by atoms with Gasteiger partial charge in [-0.2, -0.15) is 0 Å². The van der Waals surface area contributed by atoms with Crippen LogP contribution in [-0.2, 0) is 10.1 Å². The lowest BCUT2D eigenvalue weighted by molar-refractivity contribution is 0.0593. The van der Waals surface area contributed by atoms with Crippen LogP contribution in [0.3, 0.4) is 0 Å². The largest absolute Gasteiger partial charge is 0.464 e. The van der Waals surface area contributed by atoms with Crippen LogP contribution >= 0.6 is 31.9 Å². The summed E-state index contributed by atoms with van der Waals surface area (Å²) in [6.07, 6.45) is 1.56. The van der Waals surface area contributed by atoms with Gasteiger partial charge in [0.05, 0.1) is 7.11 Å². The average molecular weight is 309 g/mol. The molecule has 0 amide bonds. The first kappa shape index (κ1) is 10.7. The lowest BCUT2D eigenvalue weighted by atomic mass is 10.2. The molecular weight excluding hydrogens is 302 g/mol. The maximum atomic E-state index is 11.2. The molecule has 0 aromatic carbocycles. The Morgan fingerprint density at radius 2 is 2.38 bits per heavy atom. The van der Waals surface area contributed by atoms with E-state index in [1.54, 1.807) is 12.3 Å². The van der Waals surface area contributed by atoms with Crippen molar-refractivity contribution in [3.8, 4) is 0 Å². The van der Waals surface area contributed by atoms with Crippen molar-refractivity contribution in [1.82, 2.24) is 4.98 Å². The van der Waals surface area contributed by atoms with Crippen LogP contribution in [0.25, 0.3) is 0 Å². The Morgan fingerprint density at radius 1 is 1.69 bits per heavy atom. The number of pyridine rings is 1. The lowest BCUT2D eigenvalue weighted by Gasteiger charge is -2.05. The highest BCUT2D eigenvalue weighted by molar-refractivity contribution is 9.10. The second-order valence-corrected chi connectivity index (χ2v) is 3.66. The van der Waals surface area contributed by atoms with E-state index in [-0.39, 0.29) is 0 Å². The molecule has 0 spiro atoms. The zero-order valence-corrected chi connectivity index (χ0v) is 10.1. The van der Waals surface area contributed by atoms with Crippen LogP contribution in [0.15, 0.2) is 16.7 Å². The Hall–Kier alpha value is -0.420. The van der Waals surface area contributed by atoms with E-state index in [1.807, 2.05) is 0 Å². The zero-order valence-electron chi connectivity index (χ0n) is 6.88. The minimum atomic E-state index is -0.421. The van der Waals surface area contributed by atoms with Crippen molar-refractivity contribution in [2.24, 2.45) is 0 Å². The molecule has 0 bridgehead atoms. The zero-order chi connectivity index (χ0) is 9.84. The molecule has 3 nitrogen and oxygen atoms in total. The van der Waals surface area contributed by atoms with Gasteiger partial charge in [-0.15, -0.1) is 0 Å². The van der Waals surface area contributed by atoms with Crippen LogP contribution in [0.4, 0.5) is 0 Å². The summed E-state index contributed by atoms with van der Waals surface area (Å²) in [5.74, 6) is -0.421. The van der Waals surface area contributed by atoms with Crippen molar-refractivity contribution in [3.63, 3.8) is 0 Å². The third-order valence-corrected chi connectivity index (χ3v) is 2.81. The molecule has 0 saturated carbocycles. The summed E-state index contributed by atoms with van der Waals surface area (Å²) in [6, 6.07) is 1.78. The van der Waals surface area contributed by atoms with Gasteiger partial charge in [-0.05, 0) is 6.07 Å². The van der Waals surface area contributed by atoms with Crippen LogP contribution in [0.5, 0.6) is 0 Å². The minimum absolute atomic E-state index is 0.341. The van der Waals surface area contributed by atoms with Crippen molar-refractivity contribution < 1.29 is 9.53 Å². The number of alkyl halides is 1. The van der Waals surface area contributed by atoms with Gasteiger partial charge >= 0.3 is 5.97 Å². The molecule has 0 aliphatic rings. The number of ether oxygens (including phenoxy) is 1. The Balaban J connectivity index is 3.20. The van der Waals surface area contributed by atoms with Crippen molar-refractivity contribution in [2.75, 3.05) is 7.11 Å². The molecule has 0 aliphatic carbocycles. The maximum absolute atomic E-state index is 11.2. The van der Waals surface area contributed by atoms with E-state index in [0.29, 0.717) is 11.0 Å². The van der Waals surface area contributed by atoms with Crippen LogP contribution in [-0.4, -0.2) is 18.1 Å². The second kappa shape index (κ2) is 4.72. The first-order valence-corrected chi connectivity index (χ1v) is 5.39. The summed E-state index contributed by atoms with van der Waals surface area (Å²) in [4.78, 5) is 15.2. The predicted octanol–water partition coefficient (Wildman–Crippen LogP) is 2.53. The molecule has 0 atom stereocenters. The van der Waals surface area contributed by atoms with E-state index >= 15 is 0 Å². The molecule has 13 heavy (non-hydrogen) atoms. The van der Waals surface area contributed by atoms with Crippen molar-refractivity contribution in [1.29, 1.82) is 0 Å². The van der Waals surface area contributed by atoms with E-state index in [9.17, 15) is 4.79 Å². The fourth-order valence-corrected chi connectivity index (χ4v) is 2.26. The van der Waals surface area contributed by atoms with Gasteiger partial charge in [-0.3, -0.25) is 0 Å². The normalized spacial score (nSPS) is 9.77. The molecule has 70 valence electrons. The number of halogens is 2. The summed E-state index contributed by atoms with van der Waals surface area (Å²) in [5, 5.41) is 0.561. The molecule has 0 unspecified atom stereocenters. The van der Waals surface area contributed by atoms with Crippen LogP contribution in [0, 0.1) is 0 Å². The topological polar surface area (TPSA) is 39.2 Å². The Labute approximate surface area is 92.8 Å². The van der Waals surface area contributed by atoms with Crippen LogP contribution < -0.4 is 0 Å². The van der Waals surface area contributed by atoms with Gasteiger partial charge in [0.25, 0.3) is 0 Å². The molecule has 0 fully saturated rings. The molecule has 0 radical (unpaired) electrons. The first-order chi connectivity index (χ1) is 6.20. The summed E-state index contributed by atoms with van der Waals surface area (Å²) >= 11 is 6.61. The molecule has 1 aromatic heterocycles. The number of carbonyl (C=O) groups excluding carboxylic acids is 1. The van der Waals surface area contributed by atoms with E-state index in [0.717, 1.165) is 10.0 Å². The average Bonchev–Trinajstić information content (AvgIpc) is 2.16. The van der Waals surface area contributed by atoms with Crippen LogP contribution in [0.1, 0.15) is 16.1 Å². The molecule has 0 N–H and O–H groups in total. The van der Waals surface area contributed by atoms with E-state index in [1.165, 1.54) is 7.11 Å². The van der Waals surface area contributed by atoms with E-state index < -0.39 is 5.97 Å². The SMILES string of the molecule is COC(=O)c1nccc(Br)c1CBr. The highest BCUT2D eigenvalue weighted by Gasteiger charge is 2.14. The fraction of sp³-hybridized carbons (Fsp3) is 0.250. The summed E-state index contributed by atoms with van der Waals surface area (Å²) in [6.45, 7) is 0. The number of methoxy groups -OCH3 is 1. The number of aromatic nitrogens is 1. The van der Waals surface area contributed by atoms with Crippen molar-refractivity contribution in [2.45, 2.75) is 5.33 Å². The molecule has 1 rings (SSSR count). The van der Waals surface area contributed by atoms with Gasteiger partial charge in [0.15, 0.2) is 5.69 Å². The Kier molecular flexibility index (Phi) is 3.87. The predicted molar refractivity (Wildman–Crippen MR) is 55.9 cm³/mol. The highest BCUT2D eigenvalue weighted by atomic mass is 79.9. The standard InChI is InChI=1S/C8H7Br2NO2/c1-13-8(12)7-5(4-9)6(10)2-3-11-7/h2-3H,4H2,1H3. The number of rotatable bonds is 2. The Bertz CT molecular complexity index is 328. The first-order valence-electron chi connectivity index (χ1n) is 3.48. The van der Waals surface area contributed by atoms with Gasteiger partial charge in [0.1, 0.15) is 0 Å². The van der Waals surface area contributed by atoms with Gasteiger partial charge in [-0.25, -0.2) is 9.78 Å². The van der Waals surface area contributed by atoms with Crippen molar-refractivity contribution in [3.05, 3.63) is 28.0 Å². The van der Waals surface area contributed by atoms with E-state index in [2.05, 4.69) is 41.6 Å². The number of hydrogen-bond acceptors (Lipinski definition) is 3. The van der Waals surface area contributed by atoms with E-state index in [4.69, 9.17) is 0 Å². The number of carbonyl (C=O) groups is 1. The molecule has 0 saturated heterocycles. The molecule has 1 aromatic rings. The highest BCUT2D eigenvalue weighted by Crippen LogP contribution is 2.21. The Morgan fingerprint density at radius 3 is 2.92 bits per heavy atom. The fourth-order valence-electron chi connectivity index (χ4n) is 0.869. The summed E-state index contributed by atoms with van der Waals surface area (Å²) < 4.78 is 5.44. The summed E-state index contributed by atoms with van der Waals surface area (Å²) in [5.41, 5.74) is 1.14. The summed E-state index contributed by atoms with van der Waals surface area (Å²) in [7, 11) is 1.34. The third-order valence-electron chi connectivity index (χ3n) is 1.51. The monoisotopic (exact) mass is 307 g/mol. The van der Waals surface area contributed by atoms with Gasteiger partial charge in [0, 0.05) is 21.6 Å². The quantitative estimate of drug-likeness (QED) is 0.622. The van der Waals surface area contributed by atoms with Crippen LogP contribution in [0.2, 0.25) is 0 Å². The van der Waals surface area contributed by atoms with Crippen molar-refractivity contribution >= 4 is 37.8 Å². The second-order valence-electron chi connectivity index (χ2n) is 2.25. The third kappa shape index (κ3) is 2.28. The minimum Gasteiger partial charge on any atom is -0.464 e. The van der Waals surface area contributed by atoms with Gasteiger partial charge < -0.3 is 4.74 Å². The smallest absolute Gasteiger partial charge is 0.357 e. The molecule has 5 heteroatoms. The molecule has 0 aliphatic heterocycles.